The molecular formula is C24H18N4O3. The van der Waals surface area contributed by atoms with Crippen LogP contribution in [0.4, 0.5) is 5.82 Å². The Morgan fingerprint density at radius 1 is 0.935 bits per heavy atom. The minimum atomic E-state index is -0.454. The first-order valence-corrected chi connectivity index (χ1v) is 9.78. The van der Waals surface area contributed by atoms with Gasteiger partial charge in [-0.05, 0) is 18.6 Å². The van der Waals surface area contributed by atoms with Crippen LogP contribution in [0.5, 0.6) is 0 Å². The van der Waals surface area contributed by atoms with Gasteiger partial charge in [0, 0.05) is 23.2 Å². The average Bonchev–Trinajstić information content (AvgIpc) is 2.79. The van der Waals surface area contributed by atoms with Gasteiger partial charge in [-0.15, -0.1) is 0 Å². The van der Waals surface area contributed by atoms with Gasteiger partial charge in [-0.3, -0.25) is 4.79 Å². The Labute approximate surface area is 176 Å². The lowest BCUT2D eigenvalue weighted by atomic mass is 9.96. The molecule has 0 aliphatic carbocycles. The largest absolute Gasteiger partial charge is 0.425 e. The molecule has 0 bridgehead atoms. The molecule has 3 aromatic heterocycles. The molecule has 0 saturated carbocycles. The third-order valence-electron chi connectivity index (χ3n) is 5.46. The third-order valence-corrected chi connectivity index (χ3v) is 5.46. The quantitative estimate of drug-likeness (QED) is 0.486. The number of fused-ring (bicyclic) bond motifs is 2. The van der Waals surface area contributed by atoms with Crippen molar-refractivity contribution in [1.29, 1.82) is 0 Å². The Balaban J connectivity index is 1.86. The third kappa shape index (κ3) is 2.98. The van der Waals surface area contributed by atoms with Crippen LogP contribution in [-0.4, -0.2) is 14.5 Å². The maximum absolute atomic E-state index is 12.8. The highest BCUT2D eigenvalue weighted by Crippen LogP contribution is 2.35. The number of aromatic nitrogens is 3. The number of hydrogen-bond donors (Lipinski definition) is 1. The molecule has 1 unspecified atom stereocenters. The molecule has 152 valence electrons. The molecule has 0 aliphatic rings. The fourth-order valence-electron chi connectivity index (χ4n) is 3.98. The van der Waals surface area contributed by atoms with Gasteiger partial charge in [-0.2, -0.15) is 0 Å². The molecule has 3 heterocycles. The molecule has 2 N–H and O–H groups in total. The number of anilines is 1. The minimum absolute atomic E-state index is 0.111. The van der Waals surface area contributed by atoms with E-state index < -0.39 is 11.7 Å². The number of benzene rings is 2. The molecule has 5 rings (SSSR count). The van der Waals surface area contributed by atoms with Crippen molar-refractivity contribution in [2.45, 2.75) is 13.0 Å². The molecule has 2 aromatic carbocycles. The van der Waals surface area contributed by atoms with Crippen molar-refractivity contribution >= 4 is 27.6 Å². The van der Waals surface area contributed by atoms with Crippen LogP contribution in [-0.2, 0) is 0 Å². The predicted molar refractivity (Wildman–Crippen MR) is 120 cm³/mol. The lowest BCUT2D eigenvalue weighted by Gasteiger charge is -2.21. The SMILES string of the molecule is CC(c1oc(=O)c2ccccc2c1-c1ccccc1)n1ccc(=O)c2c(N)ncnc21. The minimum Gasteiger partial charge on any atom is -0.425 e. The van der Waals surface area contributed by atoms with Crippen LogP contribution in [0, 0.1) is 0 Å². The van der Waals surface area contributed by atoms with Gasteiger partial charge >= 0.3 is 5.63 Å². The number of nitrogen functional groups attached to an aromatic ring is 1. The van der Waals surface area contributed by atoms with Crippen molar-refractivity contribution in [3.8, 4) is 11.1 Å². The molecule has 0 saturated heterocycles. The zero-order chi connectivity index (χ0) is 21.5. The second-order valence-corrected chi connectivity index (χ2v) is 7.26. The fourth-order valence-corrected chi connectivity index (χ4v) is 3.98. The summed E-state index contributed by atoms with van der Waals surface area (Å²) in [6.45, 7) is 1.89. The van der Waals surface area contributed by atoms with Gasteiger partial charge in [0.15, 0.2) is 5.43 Å². The second kappa shape index (κ2) is 7.21. The Morgan fingerprint density at radius 3 is 2.42 bits per heavy atom. The van der Waals surface area contributed by atoms with E-state index in [0.29, 0.717) is 16.8 Å². The Bertz CT molecular complexity index is 1560. The maximum atomic E-state index is 12.8. The van der Waals surface area contributed by atoms with Crippen LogP contribution in [0.2, 0.25) is 0 Å². The number of rotatable bonds is 3. The van der Waals surface area contributed by atoms with Crippen LogP contribution in [0.3, 0.4) is 0 Å². The molecule has 0 radical (unpaired) electrons. The predicted octanol–water partition coefficient (Wildman–Crippen LogP) is 3.76. The van der Waals surface area contributed by atoms with E-state index in [9.17, 15) is 9.59 Å². The summed E-state index contributed by atoms with van der Waals surface area (Å²) in [7, 11) is 0. The Hall–Kier alpha value is -4.26. The van der Waals surface area contributed by atoms with Crippen molar-refractivity contribution < 1.29 is 4.42 Å². The zero-order valence-corrected chi connectivity index (χ0v) is 16.6. The molecular weight excluding hydrogens is 392 g/mol. The average molecular weight is 410 g/mol. The molecule has 0 aliphatic heterocycles. The smallest absolute Gasteiger partial charge is 0.343 e. The lowest BCUT2D eigenvalue weighted by Crippen LogP contribution is -2.17. The van der Waals surface area contributed by atoms with Crippen LogP contribution in [0.15, 0.2) is 87.2 Å². The van der Waals surface area contributed by atoms with Gasteiger partial charge in [-0.25, -0.2) is 14.8 Å². The van der Waals surface area contributed by atoms with Gasteiger partial charge < -0.3 is 14.7 Å². The highest BCUT2D eigenvalue weighted by molar-refractivity contribution is 5.97. The zero-order valence-electron chi connectivity index (χ0n) is 16.6. The van der Waals surface area contributed by atoms with E-state index in [-0.39, 0.29) is 16.6 Å². The first-order valence-electron chi connectivity index (χ1n) is 9.78. The molecule has 1 atom stereocenters. The van der Waals surface area contributed by atoms with E-state index in [1.165, 1.54) is 12.4 Å². The van der Waals surface area contributed by atoms with Gasteiger partial charge in [-0.1, -0.05) is 48.5 Å². The topological polar surface area (TPSA) is 104 Å². The Kier molecular flexibility index (Phi) is 4.36. The van der Waals surface area contributed by atoms with Crippen molar-refractivity contribution in [3.05, 3.63) is 99.6 Å². The maximum Gasteiger partial charge on any atom is 0.343 e. The van der Waals surface area contributed by atoms with Crippen molar-refractivity contribution in [1.82, 2.24) is 14.5 Å². The molecule has 7 nitrogen and oxygen atoms in total. The van der Waals surface area contributed by atoms with Gasteiger partial charge in [0.1, 0.15) is 28.9 Å². The lowest BCUT2D eigenvalue weighted by molar-refractivity contribution is 0.420. The number of nitrogens with zero attached hydrogens (tertiary/aromatic N) is 3. The summed E-state index contributed by atoms with van der Waals surface area (Å²) >= 11 is 0. The molecule has 7 heteroatoms. The van der Waals surface area contributed by atoms with Crippen molar-refractivity contribution in [2.75, 3.05) is 5.73 Å². The number of hydrogen-bond acceptors (Lipinski definition) is 6. The summed E-state index contributed by atoms with van der Waals surface area (Å²) in [4.78, 5) is 33.4. The summed E-state index contributed by atoms with van der Waals surface area (Å²) in [6.07, 6.45) is 2.95. The van der Waals surface area contributed by atoms with Gasteiger partial charge in [0.2, 0.25) is 0 Å². The summed E-state index contributed by atoms with van der Waals surface area (Å²) < 4.78 is 7.64. The number of nitrogens with two attached hydrogens (primary N) is 1. The van der Waals surface area contributed by atoms with E-state index in [0.717, 1.165) is 16.5 Å². The highest BCUT2D eigenvalue weighted by Gasteiger charge is 2.23. The molecule has 31 heavy (non-hydrogen) atoms. The summed E-state index contributed by atoms with van der Waals surface area (Å²) in [6, 6.07) is 18.1. The van der Waals surface area contributed by atoms with E-state index in [4.69, 9.17) is 10.2 Å². The molecule has 0 fully saturated rings. The molecule has 0 spiro atoms. The van der Waals surface area contributed by atoms with Crippen molar-refractivity contribution in [3.63, 3.8) is 0 Å². The summed E-state index contributed by atoms with van der Waals surface area (Å²) in [5.41, 5.74) is 7.38. The first-order chi connectivity index (χ1) is 15.1. The van der Waals surface area contributed by atoms with Crippen LogP contribution in [0.1, 0.15) is 18.7 Å². The Morgan fingerprint density at radius 2 is 1.65 bits per heavy atom. The fraction of sp³-hybridized carbons (Fsp3) is 0.0833. The second-order valence-electron chi connectivity index (χ2n) is 7.26. The van der Waals surface area contributed by atoms with Crippen LogP contribution in [0.25, 0.3) is 32.9 Å². The van der Waals surface area contributed by atoms with E-state index >= 15 is 0 Å². The molecule has 5 aromatic rings. The summed E-state index contributed by atoms with van der Waals surface area (Å²) in [5, 5.41) is 1.54. The molecule has 0 amide bonds. The van der Waals surface area contributed by atoms with Gasteiger partial charge in [0.25, 0.3) is 0 Å². The van der Waals surface area contributed by atoms with Gasteiger partial charge in [0.05, 0.1) is 11.4 Å². The standard InChI is InChI=1S/C24H18N4O3/c1-14(28-12-11-18(29)20-22(25)26-13-27-23(20)28)21-19(15-7-3-2-4-8-15)16-9-5-6-10-17(16)24(30)31-21/h2-14H,1H3,(H2,25,26,27). The van der Waals surface area contributed by atoms with Crippen LogP contribution >= 0.6 is 0 Å². The highest BCUT2D eigenvalue weighted by atomic mass is 16.4. The van der Waals surface area contributed by atoms with E-state index in [2.05, 4.69) is 9.97 Å². The van der Waals surface area contributed by atoms with E-state index in [1.807, 2.05) is 55.5 Å². The summed E-state index contributed by atoms with van der Waals surface area (Å²) in [5.74, 6) is 0.580. The van der Waals surface area contributed by atoms with E-state index in [1.54, 1.807) is 16.8 Å². The number of pyridine rings is 1. The van der Waals surface area contributed by atoms with Crippen LogP contribution < -0.4 is 16.8 Å². The normalized spacial score (nSPS) is 12.3. The first kappa shape index (κ1) is 18.7. The van der Waals surface area contributed by atoms with Crippen molar-refractivity contribution in [2.24, 2.45) is 0 Å². The monoisotopic (exact) mass is 410 g/mol.